The summed E-state index contributed by atoms with van der Waals surface area (Å²) in [6.07, 6.45) is 3.25. The van der Waals surface area contributed by atoms with Crippen LogP contribution in [0.4, 0.5) is 0 Å². The molecule has 3 rings (SSSR count). The summed E-state index contributed by atoms with van der Waals surface area (Å²) in [5.41, 5.74) is 1.08. The summed E-state index contributed by atoms with van der Waals surface area (Å²) in [4.78, 5) is 4.38. The first kappa shape index (κ1) is 12.0. The van der Waals surface area contributed by atoms with E-state index in [9.17, 15) is 0 Å². The van der Waals surface area contributed by atoms with Gasteiger partial charge in [-0.1, -0.05) is 35.3 Å². The molecule has 0 saturated heterocycles. The number of hydrogen-bond acceptors (Lipinski definition) is 3. The topological polar surface area (TPSA) is 38.9 Å². The Morgan fingerprint density at radius 2 is 1.94 bits per heavy atom. The highest BCUT2D eigenvalue weighted by molar-refractivity contribution is 6.30. The van der Waals surface area contributed by atoms with Gasteiger partial charge in [0.15, 0.2) is 5.82 Å². The van der Waals surface area contributed by atoms with Crippen molar-refractivity contribution in [2.24, 2.45) is 0 Å². The fourth-order valence-corrected chi connectivity index (χ4v) is 2.68. The molecule has 0 N–H and O–H groups in total. The van der Waals surface area contributed by atoms with Crippen molar-refractivity contribution in [2.45, 2.75) is 30.6 Å². The number of hydrogen-bond donors (Lipinski definition) is 0. The van der Waals surface area contributed by atoms with Crippen LogP contribution in [-0.4, -0.2) is 10.1 Å². The summed E-state index contributed by atoms with van der Waals surface area (Å²) < 4.78 is 5.12. The van der Waals surface area contributed by atoms with E-state index < -0.39 is 0 Å². The molecule has 1 aliphatic rings. The number of nitrogens with zero attached hydrogens (tertiary/aromatic N) is 2. The molecule has 1 aromatic carbocycles. The van der Waals surface area contributed by atoms with Crippen LogP contribution in [0, 0.1) is 0 Å². The lowest BCUT2D eigenvalue weighted by molar-refractivity contribution is 0.271. The molecule has 0 amide bonds. The Morgan fingerprint density at radius 3 is 2.44 bits per heavy atom. The minimum Gasteiger partial charge on any atom is -0.338 e. The molecule has 5 heteroatoms. The van der Waals surface area contributed by atoms with E-state index in [1.807, 2.05) is 24.3 Å². The summed E-state index contributed by atoms with van der Waals surface area (Å²) in [6, 6.07) is 7.88. The van der Waals surface area contributed by atoms with E-state index in [0.717, 1.165) is 23.7 Å². The minimum atomic E-state index is -0.113. The van der Waals surface area contributed by atoms with Crippen LogP contribution in [0.2, 0.25) is 5.02 Å². The molecule has 1 heterocycles. The first-order valence-corrected chi connectivity index (χ1v) is 6.81. The molecule has 2 aromatic rings. The normalized spacial score (nSPS) is 17.4. The van der Waals surface area contributed by atoms with Crippen molar-refractivity contribution in [1.82, 2.24) is 10.1 Å². The van der Waals surface area contributed by atoms with E-state index in [1.54, 1.807) is 0 Å². The number of benzene rings is 1. The quantitative estimate of drug-likeness (QED) is 0.801. The predicted octanol–water partition coefficient (Wildman–Crippen LogP) is 3.93. The Kier molecular flexibility index (Phi) is 3.04. The Balaban J connectivity index is 2.01. The lowest BCUT2D eigenvalue weighted by atomic mass is 9.64. The molecule has 0 bridgehead atoms. The zero-order valence-electron chi connectivity index (χ0n) is 9.70. The zero-order chi connectivity index (χ0) is 12.6. The van der Waals surface area contributed by atoms with Crippen LogP contribution in [0.15, 0.2) is 28.8 Å². The number of halogens is 2. The van der Waals surface area contributed by atoms with Gasteiger partial charge in [0, 0.05) is 5.02 Å². The first-order chi connectivity index (χ1) is 8.74. The molecule has 1 fully saturated rings. The summed E-state index contributed by atoms with van der Waals surface area (Å²) in [5, 5.41) is 4.82. The van der Waals surface area contributed by atoms with Crippen molar-refractivity contribution in [3.63, 3.8) is 0 Å². The molecular weight excluding hydrogens is 271 g/mol. The summed E-state index contributed by atoms with van der Waals surface area (Å²) >= 11 is 11.6. The smallest absolute Gasteiger partial charge is 0.241 e. The summed E-state index contributed by atoms with van der Waals surface area (Å²) in [7, 11) is 0. The van der Waals surface area contributed by atoms with E-state index >= 15 is 0 Å². The second-order valence-electron chi connectivity index (χ2n) is 4.59. The molecule has 0 spiro atoms. The fourth-order valence-electron chi connectivity index (χ4n) is 2.44. The van der Waals surface area contributed by atoms with Crippen molar-refractivity contribution in [2.75, 3.05) is 0 Å². The third-order valence-electron chi connectivity index (χ3n) is 3.61. The van der Waals surface area contributed by atoms with E-state index in [4.69, 9.17) is 27.7 Å². The Morgan fingerprint density at radius 1 is 1.22 bits per heavy atom. The fraction of sp³-hybridized carbons (Fsp3) is 0.385. The average molecular weight is 283 g/mol. The second-order valence-corrected chi connectivity index (χ2v) is 5.29. The van der Waals surface area contributed by atoms with Crippen molar-refractivity contribution in [3.8, 4) is 0 Å². The van der Waals surface area contributed by atoms with Crippen LogP contribution in [0.3, 0.4) is 0 Å². The third kappa shape index (κ3) is 1.82. The van der Waals surface area contributed by atoms with Crippen LogP contribution in [-0.2, 0) is 11.3 Å². The molecule has 0 unspecified atom stereocenters. The maximum Gasteiger partial charge on any atom is 0.241 e. The number of aromatic nitrogens is 2. The standard InChI is InChI=1S/C13H12Cl2N2O/c14-8-11-16-12(17-18-11)13(6-1-7-13)9-2-4-10(15)5-3-9/h2-5H,1,6-8H2. The molecule has 1 saturated carbocycles. The van der Waals surface area contributed by atoms with E-state index in [2.05, 4.69) is 10.1 Å². The molecular formula is C13H12Cl2N2O. The molecule has 1 aromatic heterocycles. The third-order valence-corrected chi connectivity index (χ3v) is 4.09. The van der Waals surface area contributed by atoms with E-state index in [1.165, 1.54) is 12.0 Å². The monoisotopic (exact) mass is 282 g/mol. The van der Waals surface area contributed by atoms with Gasteiger partial charge in [0.05, 0.1) is 5.41 Å². The van der Waals surface area contributed by atoms with E-state index in [0.29, 0.717) is 5.89 Å². The van der Waals surface area contributed by atoms with Gasteiger partial charge in [-0.2, -0.15) is 4.98 Å². The van der Waals surface area contributed by atoms with Gasteiger partial charge in [-0.05, 0) is 30.5 Å². The summed E-state index contributed by atoms with van der Waals surface area (Å²) in [5.74, 6) is 1.47. The molecule has 1 aliphatic carbocycles. The Labute approximate surface area is 115 Å². The lowest BCUT2D eigenvalue weighted by Gasteiger charge is -2.39. The molecule has 0 aliphatic heterocycles. The highest BCUT2D eigenvalue weighted by Crippen LogP contribution is 2.47. The predicted molar refractivity (Wildman–Crippen MR) is 69.9 cm³/mol. The van der Waals surface area contributed by atoms with Gasteiger partial charge in [-0.25, -0.2) is 0 Å². The van der Waals surface area contributed by atoms with Gasteiger partial charge in [-0.15, -0.1) is 11.6 Å². The van der Waals surface area contributed by atoms with Gasteiger partial charge < -0.3 is 4.52 Å². The molecule has 3 nitrogen and oxygen atoms in total. The van der Waals surface area contributed by atoms with Gasteiger partial charge in [0.1, 0.15) is 5.88 Å². The van der Waals surface area contributed by atoms with E-state index in [-0.39, 0.29) is 11.3 Å². The average Bonchev–Trinajstić information content (AvgIpc) is 2.79. The second kappa shape index (κ2) is 4.56. The molecule has 94 valence electrons. The van der Waals surface area contributed by atoms with Crippen molar-refractivity contribution in [3.05, 3.63) is 46.6 Å². The highest BCUT2D eigenvalue weighted by Gasteiger charge is 2.44. The Bertz CT molecular complexity index is 546. The maximum absolute atomic E-state index is 5.93. The first-order valence-electron chi connectivity index (χ1n) is 5.90. The molecule has 0 atom stereocenters. The Hall–Kier alpha value is -1.06. The van der Waals surface area contributed by atoms with Crippen LogP contribution in [0.5, 0.6) is 0 Å². The zero-order valence-corrected chi connectivity index (χ0v) is 11.2. The van der Waals surface area contributed by atoms with Gasteiger partial charge in [0.25, 0.3) is 0 Å². The van der Waals surface area contributed by atoms with Crippen molar-refractivity contribution in [1.29, 1.82) is 0 Å². The SMILES string of the molecule is ClCc1nc(C2(c3ccc(Cl)cc3)CCC2)no1. The lowest BCUT2D eigenvalue weighted by Crippen LogP contribution is -2.36. The van der Waals surface area contributed by atoms with Crippen LogP contribution >= 0.6 is 23.2 Å². The van der Waals surface area contributed by atoms with Crippen molar-refractivity contribution >= 4 is 23.2 Å². The summed E-state index contributed by atoms with van der Waals surface area (Å²) in [6.45, 7) is 0. The molecule has 18 heavy (non-hydrogen) atoms. The van der Waals surface area contributed by atoms with Crippen LogP contribution < -0.4 is 0 Å². The largest absolute Gasteiger partial charge is 0.338 e. The van der Waals surface area contributed by atoms with Crippen molar-refractivity contribution < 1.29 is 4.52 Å². The number of alkyl halides is 1. The van der Waals surface area contributed by atoms with Gasteiger partial charge in [0.2, 0.25) is 5.89 Å². The van der Waals surface area contributed by atoms with Gasteiger partial charge >= 0.3 is 0 Å². The minimum absolute atomic E-state index is 0.113. The highest BCUT2D eigenvalue weighted by atomic mass is 35.5. The van der Waals surface area contributed by atoms with Crippen LogP contribution in [0.25, 0.3) is 0 Å². The van der Waals surface area contributed by atoms with Crippen LogP contribution in [0.1, 0.15) is 36.5 Å². The molecule has 0 radical (unpaired) electrons. The van der Waals surface area contributed by atoms with Gasteiger partial charge in [-0.3, -0.25) is 0 Å². The number of rotatable bonds is 3. The maximum atomic E-state index is 5.93.